The molecular weight excluding hydrogens is 484 g/mol. The third-order valence-electron chi connectivity index (χ3n) is 9.97. The number of benzene rings is 1. The molecule has 3 heterocycles. The monoisotopic (exact) mass is 524 g/mol. The quantitative estimate of drug-likeness (QED) is 0.513. The Kier molecular flexibility index (Phi) is 6.42. The van der Waals surface area contributed by atoms with Crippen LogP contribution in [0.2, 0.25) is 0 Å². The van der Waals surface area contributed by atoms with Crippen LogP contribution in [0, 0.1) is 5.41 Å². The third kappa shape index (κ3) is 4.11. The summed E-state index contributed by atoms with van der Waals surface area (Å²) in [5, 5.41) is 0.897. The van der Waals surface area contributed by atoms with Crippen LogP contribution >= 0.6 is 11.8 Å². The van der Waals surface area contributed by atoms with E-state index >= 15 is 0 Å². The second-order valence-corrected chi connectivity index (χ2v) is 13.2. The average Bonchev–Trinajstić information content (AvgIpc) is 3.23. The van der Waals surface area contributed by atoms with Crippen molar-refractivity contribution in [1.82, 2.24) is 4.90 Å². The van der Waals surface area contributed by atoms with E-state index in [0.29, 0.717) is 12.5 Å². The standard InChI is InChI=1S/C30H40N2O4S/c1-34-23-10-12-29(13-11-23)17-22-9-8-21(20-6-7-20)16-26(22)30(29)27(33)32(18-24-4-2-14-35-24)28(31-30)37-19-25-5-3-15-36-25/h8-9,16,20,23-25H,2-7,10-15,17-19H2,1H3. The second-order valence-electron chi connectivity index (χ2n) is 12.2. The number of hydrogen-bond donors (Lipinski definition) is 0. The minimum Gasteiger partial charge on any atom is -0.381 e. The highest BCUT2D eigenvalue weighted by Crippen LogP contribution is 2.63. The molecule has 7 rings (SSSR count). The molecule has 0 aromatic heterocycles. The van der Waals surface area contributed by atoms with Gasteiger partial charge in [-0.1, -0.05) is 30.0 Å². The molecule has 7 heteroatoms. The van der Waals surface area contributed by atoms with Crippen molar-refractivity contribution < 1.29 is 19.0 Å². The Morgan fingerprint density at radius 2 is 1.81 bits per heavy atom. The van der Waals surface area contributed by atoms with Crippen molar-refractivity contribution >= 4 is 22.8 Å². The van der Waals surface area contributed by atoms with Crippen molar-refractivity contribution in [3.05, 3.63) is 34.9 Å². The number of amides is 1. The first kappa shape index (κ1) is 24.6. The van der Waals surface area contributed by atoms with Crippen LogP contribution in [0.25, 0.3) is 0 Å². The first-order valence-corrected chi connectivity index (χ1v) is 15.5. The molecule has 1 amide bonds. The van der Waals surface area contributed by atoms with Gasteiger partial charge in [-0.05, 0) is 93.2 Å². The number of amidine groups is 1. The summed E-state index contributed by atoms with van der Waals surface area (Å²) in [5.74, 6) is 1.71. The molecule has 6 aliphatic rings. The van der Waals surface area contributed by atoms with E-state index in [0.717, 1.165) is 81.9 Å². The van der Waals surface area contributed by atoms with Gasteiger partial charge in [0.05, 0.1) is 24.9 Å². The van der Waals surface area contributed by atoms with E-state index in [1.165, 1.54) is 29.5 Å². The number of thioether (sulfide) groups is 1. The lowest BCUT2D eigenvalue weighted by atomic mass is 9.61. The van der Waals surface area contributed by atoms with Gasteiger partial charge in [0.25, 0.3) is 5.91 Å². The van der Waals surface area contributed by atoms with Gasteiger partial charge in [-0.2, -0.15) is 0 Å². The minimum atomic E-state index is -0.816. The predicted octanol–water partition coefficient (Wildman–Crippen LogP) is 5.18. The van der Waals surface area contributed by atoms with Crippen LogP contribution < -0.4 is 0 Å². The molecule has 2 saturated heterocycles. The number of aliphatic imine (C=N–C) groups is 1. The van der Waals surface area contributed by atoms with Crippen molar-refractivity contribution in [1.29, 1.82) is 0 Å². The maximum Gasteiger partial charge on any atom is 0.261 e. The number of methoxy groups -OCH3 is 1. The molecule has 3 aliphatic heterocycles. The fourth-order valence-corrected chi connectivity index (χ4v) is 8.83. The summed E-state index contributed by atoms with van der Waals surface area (Å²) >= 11 is 1.74. The Bertz CT molecular complexity index is 1070. The van der Waals surface area contributed by atoms with Crippen molar-refractivity contribution in [3.63, 3.8) is 0 Å². The average molecular weight is 525 g/mol. The van der Waals surface area contributed by atoms with Gasteiger partial charge in [0.15, 0.2) is 10.7 Å². The Labute approximate surface area is 224 Å². The number of ether oxygens (including phenoxy) is 3. The van der Waals surface area contributed by atoms with E-state index in [1.54, 1.807) is 11.8 Å². The van der Waals surface area contributed by atoms with Crippen LogP contribution in [-0.4, -0.2) is 66.9 Å². The molecule has 3 aliphatic carbocycles. The molecule has 6 nitrogen and oxygen atoms in total. The maximum atomic E-state index is 14.9. The number of carbonyl (C=O) groups is 1. The van der Waals surface area contributed by atoms with Gasteiger partial charge in [0.1, 0.15) is 0 Å². The highest BCUT2D eigenvalue weighted by atomic mass is 32.2. The van der Waals surface area contributed by atoms with Crippen LogP contribution in [0.4, 0.5) is 0 Å². The summed E-state index contributed by atoms with van der Waals surface area (Å²) in [6.07, 6.45) is 12.4. The molecule has 1 aromatic rings. The number of carbonyl (C=O) groups excluding carboxylic acids is 1. The number of rotatable bonds is 6. The van der Waals surface area contributed by atoms with Crippen molar-refractivity contribution in [2.75, 3.05) is 32.6 Å². The van der Waals surface area contributed by atoms with Crippen molar-refractivity contribution in [2.45, 2.75) is 100 Å². The summed E-state index contributed by atoms with van der Waals surface area (Å²) in [6.45, 7) is 2.26. The highest BCUT2D eigenvalue weighted by Gasteiger charge is 2.67. The minimum absolute atomic E-state index is 0.103. The molecule has 200 valence electrons. The van der Waals surface area contributed by atoms with Gasteiger partial charge in [0, 0.05) is 31.5 Å². The van der Waals surface area contributed by atoms with Crippen LogP contribution in [0.15, 0.2) is 23.2 Å². The van der Waals surface area contributed by atoms with Gasteiger partial charge < -0.3 is 14.2 Å². The van der Waals surface area contributed by atoms with Crippen LogP contribution in [0.1, 0.15) is 86.8 Å². The van der Waals surface area contributed by atoms with Crippen LogP contribution in [-0.2, 0) is 31.0 Å². The lowest BCUT2D eigenvalue weighted by molar-refractivity contribution is -0.139. The highest BCUT2D eigenvalue weighted by molar-refractivity contribution is 8.13. The van der Waals surface area contributed by atoms with Crippen LogP contribution in [0.3, 0.4) is 0 Å². The van der Waals surface area contributed by atoms with E-state index in [1.807, 2.05) is 12.0 Å². The number of fused-ring (bicyclic) bond motifs is 3. The molecule has 0 N–H and O–H groups in total. The van der Waals surface area contributed by atoms with Gasteiger partial charge in [-0.25, -0.2) is 4.99 Å². The predicted molar refractivity (Wildman–Crippen MR) is 145 cm³/mol. The summed E-state index contributed by atoms with van der Waals surface area (Å²) in [6, 6.07) is 7.03. The SMILES string of the molecule is COC1CCC2(CC1)Cc1ccc(C3CC3)cc1C21N=C(SCC2CCCO2)N(CC2CCCO2)C1=O. The van der Waals surface area contributed by atoms with Gasteiger partial charge in [0.2, 0.25) is 0 Å². The first-order chi connectivity index (χ1) is 18.1. The Hall–Kier alpha value is -1.41. The zero-order chi connectivity index (χ0) is 25.0. The van der Waals surface area contributed by atoms with Gasteiger partial charge in [-0.3, -0.25) is 9.69 Å². The van der Waals surface area contributed by atoms with Gasteiger partial charge in [-0.15, -0.1) is 0 Å². The molecule has 1 aromatic carbocycles. The summed E-state index contributed by atoms with van der Waals surface area (Å²) in [7, 11) is 1.83. The second kappa shape index (κ2) is 9.65. The molecule has 37 heavy (non-hydrogen) atoms. The molecular formula is C30H40N2O4S. The molecule has 3 unspecified atom stereocenters. The largest absolute Gasteiger partial charge is 0.381 e. The van der Waals surface area contributed by atoms with E-state index in [-0.39, 0.29) is 29.6 Å². The number of hydrogen-bond acceptors (Lipinski definition) is 6. The molecule has 0 bridgehead atoms. The van der Waals surface area contributed by atoms with Crippen molar-refractivity contribution in [3.8, 4) is 0 Å². The van der Waals surface area contributed by atoms with E-state index in [9.17, 15) is 4.79 Å². The van der Waals surface area contributed by atoms with E-state index < -0.39 is 5.54 Å². The number of nitrogens with zero attached hydrogens (tertiary/aromatic N) is 2. The lowest BCUT2D eigenvalue weighted by Crippen LogP contribution is -2.52. The van der Waals surface area contributed by atoms with Gasteiger partial charge >= 0.3 is 0 Å². The fourth-order valence-electron chi connectivity index (χ4n) is 7.71. The fraction of sp³-hybridized carbons (Fsp3) is 0.733. The van der Waals surface area contributed by atoms with E-state index in [4.69, 9.17) is 19.2 Å². The normalized spacial score (nSPS) is 37.2. The Morgan fingerprint density at radius 3 is 2.49 bits per heavy atom. The Morgan fingerprint density at radius 1 is 1.05 bits per heavy atom. The summed E-state index contributed by atoms with van der Waals surface area (Å²) in [5.41, 5.74) is 2.94. The smallest absolute Gasteiger partial charge is 0.261 e. The topological polar surface area (TPSA) is 60.4 Å². The summed E-state index contributed by atoms with van der Waals surface area (Å²) < 4.78 is 17.8. The molecule has 2 saturated carbocycles. The zero-order valence-corrected chi connectivity index (χ0v) is 22.9. The Balaban J connectivity index is 1.30. The van der Waals surface area contributed by atoms with E-state index in [2.05, 4.69) is 18.2 Å². The zero-order valence-electron chi connectivity index (χ0n) is 22.1. The van der Waals surface area contributed by atoms with Crippen molar-refractivity contribution in [2.24, 2.45) is 10.4 Å². The third-order valence-corrected chi connectivity index (χ3v) is 11.1. The molecule has 2 spiro atoms. The summed E-state index contributed by atoms with van der Waals surface area (Å²) in [4.78, 5) is 22.5. The van der Waals surface area contributed by atoms with Crippen LogP contribution in [0.5, 0.6) is 0 Å². The molecule has 0 radical (unpaired) electrons. The lowest BCUT2D eigenvalue weighted by Gasteiger charge is -2.45. The first-order valence-electron chi connectivity index (χ1n) is 14.6. The molecule has 3 atom stereocenters. The molecule has 4 fully saturated rings. The maximum absolute atomic E-state index is 14.9.